The van der Waals surface area contributed by atoms with Crippen LogP contribution in [0.2, 0.25) is 0 Å². The van der Waals surface area contributed by atoms with Crippen LogP contribution >= 0.6 is 0 Å². The van der Waals surface area contributed by atoms with Gasteiger partial charge in [0, 0.05) is 13.0 Å². The van der Waals surface area contributed by atoms with Gasteiger partial charge < -0.3 is 15.2 Å². The maximum Gasteiger partial charge on any atom is 0.258 e. The van der Waals surface area contributed by atoms with Gasteiger partial charge in [0.2, 0.25) is 5.91 Å². The van der Waals surface area contributed by atoms with Crippen molar-refractivity contribution in [2.24, 2.45) is 0 Å². The van der Waals surface area contributed by atoms with Crippen LogP contribution in [-0.4, -0.2) is 53.5 Å². The maximum absolute atomic E-state index is 12.2. The summed E-state index contributed by atoms with van der Waals surface area (Å²) >= 11 is 0. The lowest BCUT2D eigenvalue weighted by molar-refractivity contribution is -0.315. The smallest absolute Gasteiger partial charge is 0.258 e. The second-order valence-corrected chi connectivity index (χ2v) is 4.56. The highest BCUT2D eigenvalue weighted by molar-refractivity contribution is 5.91. The number of likely N-dealkylation sites (N-methyl/N-ethyl adjacent to an activating group) is 1. The minimum atomic E-state index is -1.31. The third kappa shape index (κ3) is 2.05. The van der Waals surface area contributed by atoms with Crippen molar-refractivity contribution in [3.05, 3.63) is 0 Å². The van der Waals surface area contributed by atoms with Gasteiger partial charge >= 0.3 is 0 Å². The molecule has 1 N–H and O–H groups in total. The molecule has 0 aromatic carbocycles. The normalized spacial score (nSPS) is 28.9. The largest absolute Gasteiger partial charge is 0.548 e. The molecule has 7 heteroatoms. The predicted octanol–water partition coefficient (Wildman–Crippen LogP) is -2.15. The van der Waals surface area contributed by atoms with Crippen LogP contribution in [0.25, 0.3) is 0 Å². The molecule has 0 unspecified atom stereocenters. The number of amides is 2. The summed E-state index contributed by atoms with van der Waals surface area (Å²) in [7, 11) is 1.63. The molecule has 2 saturated heterocycles. The number of hydrazine groups is 1. The van der Waals surface area contributed by atoms with Crippen LogP contribution in [0, 0.1) is 0 Å². The van der Waals surface area contributed by atoms with Gasteiger partial charge in [0.05, 0.1) is 18.1 Å². The first-order valence-corrected chi connectivity index (χ1v) is 6.07. The van der Waals surface area contributed by atoms with Crippen LogP contribution in [0.15, 0.2) is 0 Å². The van der Waals surface area contributed by atoms with Gasteiger partial charge in [-0.1, -0.05) is 0 Å². The Morgan fingerprint density at radius 2 is 2.11 bits per heavy atom. The Bertz CT molecular complexity index is 384. The Balaban J connectivity index is 2.34. The Labute approximate surface area is 105 Å². The predicted molar refractivity (Wildman–Crippen MR) is 58.7 cm³/mol. The Hall–Kier alpha value is -1.63. The van der Waals surface area contributed by atoms with E-state index in [0.29, 0.717) is 25.8 Å². The zero-order valence-electron chi connectivity index (χ0n) is 10.2. The summed E-state index contributed by atoms with van der Waals surface area (Å²) < 4.78 is 0. The second kappa shape index (κ2) is 4.93. The van der Waals surface area contributed by atoms with E-state index in [4.69, 9.17) is 0 Å². The van der Waals surface area contributed by atoms with Crippen molar-refractivity contribution < 1.29 is 19.5 Å². The molecule has 0 aromatic heterocycles. The monoisotopic (exact) mass is 254 g/mol. The lowest BCUT2D eigenvalue weighted by Crippen LogP contribution is -2.63. The van der Waals surface area contributed by atoms with Crippen molar-refractivity contribution in [1.29, 1.82) is 0 Å². The molecule has 0 aromatic rings. The fourth-order valence-corrected chi connectivity index (χ4v) is 2.52. The molecule has 2 fully saturated rings. The molecule has 0 spiro atoms. The van der Waals surface area contributed by atoms with Crippen molar-refractivity contribution in [3.63, 3.8) is 0 Å². The van der Waals surface area contributed by atoms with Gasteiger partial charge in [-0.05, 0) is 26.3 Å². The molecule has 100 valence electrons. The standard InChI is InChI=1S/C11H17N3O4/c1-12-7-4-5-9(15)13-6-2-3-8(11(17)18)14(13)10(7)16/h7-8,12H,2-6H2,1H3,(H,17,18)/p-1/t7-,8-/m0/s1. The molecule has 2 aliphatic rings. The quantitative estimate of drug-likeness (QED) is 0.606. The van der Waals surface area contributed by atoms with Gasteiger partial charge in [0.25, 0.3) is 5.91 Å². The van der Waals surface area contributed by atoms with Gasteiger partial charge in [0.15, 0.2) is 0 Å². The number of rotatable bonds is 2. The molecular formula is C11H16N3O4-. The molecule has 7 nitrogen and oxygen atoms in total. The number of nitrogens with one attached hydrogen (secondary N) is 1. The topological polar surface area (TPSA) is 92.8 Å². The molecule has 2 rings (SSSR count). The number of carboxylic acid groups (broad SMARTS) is 1. The summed E-state index contributed by atoms with van der Waals surface area (Å²) in [6, 6.07) is -1.55. The lowest BCUT2D eigenvalue weighted by Gasteiger charge is -2.44. The highest BCUT2D eigenvalue weighted by Crippen LogP contribution is 2.24. The maximum atomic E-state index is 12.2. The first-order chi connectivity index (χ1) is 8.56. The van der Waals surface area contributed by atoms with Crippen molar-refractivity contribution in [1.82, 2.24) is 15.3 Å². The Morgan fingerprint density at radius 3 is 2.72 bits per heavy atom. The van der Waals surface area contributed by atoms with Crippen molar-refractivity contribution in [3.8, 4) is 0 Å². The number of carbonyl (C=O) groups excluding carboxylic acids is 3. The van der Waals surface area contributed by atoms with E-state index in [1.807, 2.05) is 0 Å². The molecule has 2 aliphatic heterocycles. The third-order valence-corrected chi connectivity index (χ3v) is 3.48. The number of carboxylic acids is 1. The van der Waals surface area contributed by atoms with Crippen LogP contribution in [0.3, 0.4) is 0 Å². The van der Waals surface area contributed by atoms with E-state index >= 15 is 0 Å². The van der Waals surface area contributed by atoms with Crippen LogP contribution in [0.5, 0.6) is 0 Å². The Morgan fingerprint density at radius 1 is 1.39 bits per heavy atom. The molecule has 0 aliphatic carbocycles. The number of carbonyl (C=O) groups is 3. The van der Waals surface area contributed by atoms with Crippen molar-refractivity contribution >= 4 is 17.8 Å². The van der Waals surface area contributed by atoms with Crippen molar-refractivity contribution in [2.75, 3.05) is 13.6 Å². The van der Waals surface area contributed by atoms with E-state index in [1.165, 1.54) is 5.01 Å². The SMILES string of the molecule is CN[C@H]1CCC(=O)N2CCC[C@@H](C(=O)[O-])N2C1=O. The molecule has 2 amide bonds. The number of fused-ring (bicyclic) bond motifs is 1. The van der Waals surface area contributed by atoms with Gasteiger partial charge in [0.1, 0.15) is 0 Å². The number of hydrogen-bond acceptors (Lipinski definition) is 5. The fourth-order valence-electron chi connectivity index (χ4n) is 2.52. The fraction of sp³-hybridized carbons (Fsp3) is 0.727. The highest BCUT2D eigenvalue weighted by atomic mass is 16.4. The molecule has 0 bridgehead atoms. The first kappa shape index (κ1) is 12.8. The van der Waals surface area contributed by atoms with E-state index in [-0.39, 0.29) is 18.2 Å². The van der Waals surface area contributed by atoms with Crippen LogP contribution in [0.1, 0.15) is 25.7 Å². The zero-order chi connectivity index (χ0) is 13.3. The summed E-state index contributed by atoms with van der Waals surface area (Å²) in [6.07, 6.45) is 1.53. The molecule has 0 saturated carbocycles. The summed E-state index contributed by atoms with van der Waals surface area (Å²) in [5.74, 6) is -1.87. The number of aliphatic carboxylic acids is 1. The van der Waals surface area contributed by atoms with Crippen LogP contribution in [-0.2, 0) is 14.4 Å². The van der Waals surface area contributed by atoms with Gasteiger partial charge in [-0.15, -0.1) is 0 Å². The molecule has 2 heterocycles. The van der Waals surface area contributed by atoms with Gasteiger partial charge in [-0.25, -0.2) is 5.01 Å². The second-order valence-electron chi connectivity index (χ2n) is 4.56. The van der Waals surface area contributed by atoms with E-state index in [1.54, 1.807) is 7.05 Å². The summed E-state index contributed by atoms with van der Waals surface area (Å²) in [4.78, 5) is 35.3. The number of hydrogen-bond donors (Lipinski definition) is 1. The van der Waals surface area contributed by atoms with E-state index < -0.39 is 18.1 Å². The lowest BCUT2D eigenvalue weighted by atomic mass is 10.1. The highest BCUT2D eigenvalue weighted by Gasteiger charge is 2.41. The van der Waals surface area contributed by atoms with Gasteiger partial charge in [-0.2, -0.15) is 0 Å². The van der Waals surface area contributed by atoms with Crippen LogP contribution in [0.4, 0.5) is 0 Å². The van der Waals surface area contributed by atoms with Crippen LogP contribution < -0.4 is 10.4 Å². The minimum absolute atomic E-state index is 0.202. The molecule has 18 heavy (non-hydrogen) atoms. The van der Waals surface area contributed by atoms with E-state index in [0.717, 1.165) is 5.01 Å². The zero-order valence-corrected chi connectivity index (χ0v) is 10.2. The molecular weight excluding hydrogens is 238 g/mol. The van der Waals surface area contributed by atoms with E-state index in [9.17, 15) is 19.5 Å². The Kier molecular flexibility index (Phi) is 3.51. The summed E-state index contributed by atoms with van der Waals surface area (Å²) in [6.45, 7) is 0.394. The summed E-state index contributed by atoms with van der Waals surface area (Å²) in [5.41, 5.74) is 0. The molecule has 2 atom stereocenters. The first-order valence-electron chi connectivity index (χ1n) is 6.07. The summed E-state index contributed by atoms with van der Waals surface area (Å²) in [5, 5.41) is 16.3. The average Bonchev–Trinajstić information content (AvgIpc) is 2.48. The third-order valence-electron chi connectivity index (χ3n) is 3.48. The van der Waals surface area contributed by atoms with E-state index in [2.05, 4.69) is 5.32 Å². The van der Waals surface area contributed by atoms with Gasteiger partial charge in [-0.3, -0.25) is 14.6 Å². The average molecular weight is 254 g/mol. The number of nitrogens with zero attached hydrogens (tertiary/aromatic N) is 2. The minimum Gasteiger partial charge on any atom is -0.548 e. The molecule has 0 radical (unpaired) electrons. The van der Waals surface area contributed by atoms with Crippen molar-refractivity contribution in [2.45, 2.75) is 37.8 Å².